The van der Waals surface area contributed by atoms with E-state index in [-0.39, 0.29) is 10.9 Å². The summed E-state index contributed by atoms with van der Waals surface area (Å²) in [6.45, 7) is 2.12. The number of hydrogen-bond acceptors (Lipinski definition) is 4. The third-order valence-electron chi connectivity index (χ3n) is 3.89. The molecular weight excluding hydrogens is 260 g/mol. The molecule has 1 unspecified atom stereocenters. The number of anilines is 1. The average molecular weight is 282 g/mol. The van der Waals surface area contributed by atoms with Crippen LogP contribution in [0.1, 0.15) is 39.0 Å². The van der Waals surface area contributed by atoms with Gasteiger partial charge >= 0.3 is 0 Å². The molecule has 0 saturated heterocycles. The molecule has 19 heavy (non-hydrogen) atoms. The van der Waals surface area contributed by atoms with Crippen molar-refractivity contribution >= 4 is 15.7 Å². The quantitative estimate of drug-likeness (QED) is 0.922. The predicted molar refractivity (Wildman–Crippen MR) is 77.0 cm³/mol. The summed E-state index contributed by atoms with van der Waals surface area (Å²) in [5.41, 5.74) is 0. The van der Waals surface area contributed by atoms with E-state index < -0.39 is 9.84 Å². The number of aromatic nitrogens is 1. The Labute approximate surface area is 115 Å². The van der Waals surface area contributed by atoms with E-state index >= 15 is 0 Å². The van der Waals surface area contributed by atoms with E-state index in [1.807, 2.05) is 0 Å². The number of nitrogens with one attached hydrogen (secondary N) is 1. The van der Waals surface area contributed by atoms with Gasteiger partial charge in [-0.1, -0.05) is 19.3 Å². The van der Waals surface area contributed by atoms with Gasteiger partial charge in [-0.2, -0.15) is 0 Å². The Morgan fingerprint density at radius 3 is 2.63 bits per heavy atom. The molecule has 1 fully saturated rings. The Balaban J connectivity index is 2.14. The number of pyridine rings is 1. The highest BCUT2D eigenvalue weighted by Crippen LogP contribution is 2.29. The third kappa shape index (κ3) is 3.69. The second kappa shape index (κ2) is 5.90. The van der Waals surface area contributed by atoms with E-state index in [1.165, 1.54) is 38.4 Å². The molecule has 1 aliphatic rings. The van der Waals surface area contributed by atoms with Crippen LogP contribution in [0.25, 0.3) is 0 Å². The summed E-state index contributed by atoms with van der Waals surface area (Å²) in [4.78, 5) is 4.48. The zero-order valence-electron chi connectivity index (χ0n) is 11.6. The van der Waals surface area contributed by atoms with E-state index in [9.17, 15) is 8.42 Å². The minimum atomic E-state index is -3.23. The minimum Gasteiger partial charge on any atom is -0.366 e. The van der Waals surface area contributed by atoms with Crippen LogP contribution < -0.4 is 5.32 Å². The second-order valence-electron chi connectivity index (χ2n) is 5.45. The lowest BCUT2D eigenvalue weighted by atomic mass is 9.84. The van der Waals surface area contributed by atoms with Gasteiger partial charge in [-0.25, -0.2) is 13.4 Å². The van der Waals surface area contributed by atoms with E-state index in [2.05, 4.69) is 17.2 Å². The standard InChI is InChI=1S/C14H22N2O2S/c1-11(12-7-4-3-5-8-12)16-14-13(19(2,17)18)9-6-10-15-14/h6,9-12H,3-5,7-8H2,1-2H3,(H,15,16). The van der Waals surface area contributed by atoms with Gasteiger partial charge in [0, 0.05) is 18.5 Å². The lowest BCUT2D eigenvalue weighted by molar-refractivity contribution is 0.328. The maximum absolute atomic E-state index is 11.7. The summed E-state index contributed by atoms with van der Waals surface area (Å²) in [5.74, 6) is 1.10. The zero-order valence-corrected chi connectivity index (χ0v) is 12.4. The van der Waals surface area contributed by atoms with Crippen molar-refractivity contribution in [2.45, 2.75) is 50.0 Å². The molecule has 106 valence electrons. The molecule has 0 radical (unpaired) electrons. The molecule has 0 aromatic carbocycles. The van der Waals surface area contributed by atoms with E-state index in [0.29, 0.717) is 11.7 Å². The minimum absolute atomic E-state index is 0.260. The number of rotatable bonds is 4. The molecule has 1 aromatic heterocycles. The molecule has 2 rings (SSSR count). The lowest BCUT2D eigenvalue weighted by Crippen LogP contribution is -2.28. The molecule has 0 bridgehead atoms. The number of nitrogens with zero attached hydrogens (tertiary/aromatic N) is 1. The smallest absolute Gasteiger partial charge is 0.179 e. The fourth-order valence-corrected chi connectivity index (χ4v) is 3.55. The van der Waals surface area contributed by atoms with Crippen molar-refractivity contribution in [3.63, 3.8) is 0 Å². The fraction of sp³-hybridized carbons (Fsp3) is 0.643. The normalized spacial score (nSPS) is 19.1. The highest BCUT2D eigenvalue weighted by molar-refractivity contribution is 7.90. The molecule has 0 amide bonds. The molecular formula is C14H22N2O2S. The molecule has 1 aromatic rings. The van der Waals surface area contributed by atoms with Gasteiger partial charge in [0.2, 0.25) is 0 Å². The van der Waals surface area contributed by atoms with Gasteiger partial charge in [-0.15, -0.1) is 0 Å². The van der Waals surface area contributed by atoms with E-state index in [1.54, 1.807) is 18.3 Å². The fourth-order valence-electron chi connectivity index (χ4n) is 2.77. The summed E-state index contributed by atoms with van der Waals surface area (Å²) in [5, 5.41) is 3.30. The molecule has 1 heterocycles. The van der Waals surface area contributed by atoms with Crippen LogP contribution in [0.3, 0.4) is 0 Å². The van der Waals surface area contributed by atoms with Crippen LogP contribution in [0.4, 0.5) is 5.82 Å². The molecule has 0 spiro atoms. The van der Waals surface area contributed by atoms with E-state index in [4.69, 9.17) is 0 Å². The molecule has 4 nitrogen and oxygen atoms in total. The van der Waals surface area contributed by atoms with Crippen LogP contribution in [-0.2, 0) is 9.84 Å². The van der Waals surface area contributed by atoms with E-state index in [0.717, 1.165) is 0 Å². The summed E-state index contributed by atoms with van der Waals surface area (Å²) in [6, 6.07) is 3.53. The zero-order chi connectivity index (χ0) is 13.9. The Morgan fingerprint density at radius 1 is 1.32 bits per heavy atom. The molecule has 1 N–H and O–H groups in total. The SMILES string of the molecule is CC(Nc1ncccc1S(C)(=O)=O)C1CCCCC1. The second-order valence-corrected chi connectivity index (χ2v) is 7.44. The topological polar surface area (TPSA) is 59.1 Å². The van der Waals surface area contributed by atoms with Crippen molar-refractivity contribution < 1.29 is 8.42 Å². The molecule has 1 aliphatic carbocycles. The van der Waals surface area contributed by atoms with Gasteiger partial charge in [-0.3, -0.25) is 0 Å². The molecule has 0 aliphatic heterocycles. The van der Waals surface area contributed by atoms with Crippen LogP contribution in [0, 0.1) is 5.92 Å². The summed E-state index contributed by atoms with van der Waals surface area (Å²) in [7, 11) is -3.23. The van der Waals surface area contributed by atoms with Crippen LogP contribution in [0.15, 0.2) is 23.2 Å². The maximum Gasteiger partial charge on any atom is 0.179 e. The Bertz CT molecular complexity index is 522. The van der Waals surface area contributed by atoms with Crippen molar-refractivity contribution in [3.8, 4) is 0 Å². The molecule has 1 saturated carbocycles. The number of sulfone groups is 1. The Morgan fingerprint density at radius 2 is 2.00 bits per heavy atom. The van der Waals surface area contributed by atoms with Crippen molar-refractivity contribution in [2.24, 2.45) is 5.92 Å². The van der Waals surface area contributed by atoms with Crippen molar-refractivity contribution in [3.05, 3.63) is 18.3 Å². The van der Waals surface area contributed by atoms with Crippen LogP contribution in [0.5, 0.6) is 0 Å². The first-order valence-electron chi connectivity index (χ1n) is 6.90. The Kier molecular flexibility index (Phi) is 4.45. The van der Waals surface area contributed by atoms with Gasteiger partial charge in [0.25, 0.3) is 0 Å². The lowest BCUT2D eigenvalue weighted by Gasteiger charge is -2.29. The van der Waals surface area contributed by atoms with Gasteiger partial charge in [0.15, 0.2) is 9.84 Å². The van der Waals surface area contributed by atoms with Crippen LogP contribution >= 0.6 is 0 Å². The first-order valence-corrected chi connectivity index (χ1v) is 8.79. The van der Waals surface area contributed by atoms with Crippen LogP contribution in [-0.4, -0.2) is 25.7 Å². The highest BCUT2D eigenvalue weighted by atomic mass is 32.2. The van der Waals surface area contributed by atoms with Crippen molar-refractivity contribution in [1.29, 1.82) is 0 Å². The molecule has 1 atom stereocenters. The van der Waals surface area contributed by atoms with Gasteiger partial charge in [0.1, 0.15) is 10.7 Å². The van der Waals surface area contributed by atoms with Gasteiger partial charge in [-0.05, 0) is 37.8 Å². The van der Waals surface area contributed by atoms with Gasteiger partial charge < -0.3 is 5.32 Å². The third-order valence-corrected chi connectivity index (χ3v) is 5.02. The highest BCUT2D eigenvalue weighted by Gasteiger charge is 2.22. The average Bonchev–Trinajstić information content (AvgIpc) is 2.39. The summed E-state index contributed by atoms with van der Waals surface area (Å²) >= 11 is 0. The van der Waals surface area contributed by atoms with Gasteiger partial charge in [0.05, 0.1) is 0 Å². The van der Waals surface area contributed by atoms with Crippen molar-refractivity contribution in [1.82, 2.24) is 4.98 Å². The molecule has 5 heteroatoms. The maximum atomic E-state index is 11.7. The Hall–Kier alpha value is -1.10. The summed E-state index contributed by atoms with van der Waals surface area (Å²) in [6.07, 6.45) is 9.16. The van der Waals surface area contributed by atoms with Crippen molar-refractivity contribution in [2.75, 3.05) is 11.6 Å². The monoisotopic (exact) mass is 282 g/mol. The van der Waals surface area contributed by atoms with Crippen LogP contribution in [0.2, 0.25) is 0 Å². The summed E-state index contributed by atoms with van der Waals surface area (Å²) < 4.78 is 23.5. The number of hydrogen-bond donors (Lipinski definition) is 1. The predicted octanol–water partition coefficient (Wildman–Crippen LogP) is 2.87. The largest absolute Gasteiger partial charge is 0.366 e. The first-order chi connectivity index (χ1) is 8.98. The first kappa shape index (κ1) is 14.3.